The molecular weight excluding hydrogens is 384 g/mol. The highest BCUT2D eigenvalue weighted by atomic mass is 79.9. The number of amides is 1. The van der Waals surface area contributed by atoms with Gasteiger partial charge in [0.1, 0.15) is 11.4 Å². The van der Waals surface area contributed by atoms with Gasteiger partial charge in [0.05, 0.1) is 19.0 Å². The van der Waals surface area contributed by atoms with Crippen molar-refractivity contribution >= 4 is 28.1 Å². The molecule has 25 heavy (non-hydrogen) atoms. The molecule has 1 amide bonds. The zero-order chi connectivity index (χ0) is 17.6. The first kappa shape index (κ1) is 16.9. The van der Waals surface area contributed by atoms with E-state index in [4.69, 9.17) is 4.74 Å². The zero-order valence-electron chi connectivity index (χ0n) is 13.4. The average molecular weight is 399 g/mol. The lowest BCUT2D eigenvalue weighted by Gasteiger charge is -2.00. The van der Waals surface area contributed by atoms with E-state index in [-0.39, 0.29) is 5.91 Å². The van der Waals surface area contributed by atoms with Crippen LogP contribution >= 0.6 is 15.9 Å². The molecule has 0 aliphatic rings. The highest BCUT2D eigenvalue weighted by Crippen LogP contribution is 2.21. The summed E-state index contributed by atoms with van der Waals surface area (Å²) in [5.74, 6) is 0.403. The van der Waals surface area contributed by atoms with Crippen LogP contribution in [-0.2, 0) is 0 Å². The number of nitrogens with zero attached hydrogens (tertiary/aromatic N) is 2. The number of halogens is 1. The van der Waals surface area contributed by atoms with Gasteiger partial charge in [0, 0.05) is 10.0 Å². The Hall–Kier alpha value is -2.93. The molecule has 3 aromatic rings. The van der Waals surface area contributed by atoms with Crippen LogP contribution in [0.25, 0.3) is 11.3 Å². The summed E-state index contributed by atoms with van der Waals surface area (Å²) >= 11 is 3.36. The van der Waals surface area contributed by atoms with Crippen LogP contribution < -0.4 is 10.2 Å². The third-order valence-electron chi connectivity index (χ3n) is 3.46. The fourth-order valence-electron chi connectivity index (χ4n) is 2.12. The molecule has 1 heterocycles. The summed E-state index contributed by atoms with van der Waals surface area (Å²) in [6, 6.07) is 16.7. The number of ether oxygens (including phenoxy) is 1. The van der Waals surface area contributed by atoms with Gasteiger partial charge in [-0.1, -0.05) is 28.1 Å². The molecule has 3 rings (SSSR count). The lowest BCUT2D eigenvalue weighted by molar-refractivity contribution is 0.0950. The number of aromatic nitrogens is 2. The summed E-state index contributed by atoms with van der Waals surface area (Å²) in [4.78, 5) is 12.1. The van der Waals surface area contributed by atoms with Crippen molar-refractivity contribution in [2.75, 3.05) is 7.11 Å². The van der Waals surface area contributed by atoms with Crippen LogP contribution in [0.3, 0.4) is 0 Å². The van der Waals surface area contributed by atoms with Gasteiger partial charge in [0.25, 0.3) is 5.91 Å². The van der Waals surface area contributed by atoms with Gasteiger partial charge in [-0.3, -0.25) is 9.89 Å². The molecule has 0 bridgehead atoms. The van der Waals surface area contributed by atoms with E-state index >= 15 is 0 Å². The summed E-state index contributed by atoms with van der Waals surface area (Å²) in [6.07, 6.45) is 1.57. The lowest BCUT2D eigenvalue weighted by Crippen LogP contribution is -2.17. The minimum Gasteiger partial charge on any atom is -0.497 e. The molecule has 0 radical (unpaired) electrons. The number of rotatable bonds is 5. The highest BCUT2D eigenvalue weighted by Gasteiger charge is 2.10. The first-order chi connectivity index (χ1) is 12.2. The Kier molecular flexibility index (Phi) is 5.25. The fraction of sp³-hybridized carbons (Fsp3) is 0.0556. The third kappa shape index (κ3) is 4.33. The smallest absolute Gasteiger partial charge is 0.289 e. The summed E-state index contributed by atoms with van der Waals surface area (Å²) in [5.41, 5.74) is 5.24. The van der Waals surface area contributed by atoms with Gasteiger partial charge in [-0.2, -0.15) is 10.2 Å². The van der Waals surface area contributed by atoms with E-state index < -0.39 is 0 Å². The number of hydrogen-bond acceptors (Lipinski definition) is 4. The van der Waals surface area contributed by atoms with Crippen LogP contribution in [-0.4, -0.2) is 29.4 Å². The van der Waals surface area contributed by atoms with Crippen molar-refractivity contribution in [2.24, 2.45) is 5.10 Å². The lowest BCUT2D eigenvalue weighted by atomic mass is 10.1. The van der Waals surface area contributed by atoms with Crippen molar-refractivity contribution in [3.05, 3.63) is 70.3 Å². The van der Waals surface area contributed by atoms with E-state index in [9.17, 15) is 4.79 Å². The van der Waals surface area contributed by atoms with Gasteiger partial charge < -0.3 is 4.74 Å². The first-order valence-corrected chi connectivity index (χ1v) is 8.24. The van der Waals surface area contributed by atoms with Gasteiger partial charge >= 0.3 is 0 Å². The summed E-state index contributed by atoms with van der Waals surface area (Å²) < 4.78 is 6.11. The number of carbonyl (C=O) groups excluding carboxylic acids is 1. The van der Waals surface area contributed by atoms with Crippen LogP contribution in [0.2, 0.25) is 0 Å². The molecule has 0 saturated carbocycles. The predicted octanol–water partition coefficient (Wildman–Crippen LogP) is 3.61. The normalized spacial score (nSPS) is 10.8. The van der Waals surface area contributed by atoms with Crippen molar-refractivity contribution in [3.63, 3.8) is 0 Å². The molecule has 7 heteroatoms. The molecule has 2 N–H and O–H groups in total. The first-order valence-electron chi connectivity index (χ1n) is 7.44. The second kappa shape index (κ2) is 7.76. The number of hydrogen-bond donors (Lipinski definition) is 2. The Labute approximate surface area is 153 Å². The second-order valence-corrected chi connectivity index (χ2v) is 6.06. The molecule has 0 saturated heterocycles. The van der Waals surface area contributed by atoms with Crippen molar-refractivity contribution in [2.45, 2.75) is 0 Å². The Balaban J connectivity index is 1.64. The van der Waals surface area contributed by atoms with Crippen molar-refractivity contribution < 1.29 is 9.53 Å². The van der Waals surface area contributed by atoms with Crippen molar-refractivity contribution in [3.8, 4) is 17.0 Å². The molecule has 6 nitrogen and oxygen atoms in total. The zero-order valence-corrected chi connectivity index (χ0v) is 14.9. The SMILES string of the molecule is COc1ccc(-c2cc(C(=O)N/N=C\c3ccc(Br)cc3)[nH]n2)cc1. The maximum absolute atomic E-state index is 12.1. The number of nitrogens with one attached hydrogen (secondary N) is 2. The van der Waals surface area contributed by atoms with Crippen LogP contribution in [0.1, 0.15) is 16.1 Å². The van der Waals surface area contributed by atoms with Gasteiger partial charge in [-0.15, -0.1) is 0 Å². The van der Waals surface area contributed by atoms with Gasteiger partial charge in [0.15, 0.2) is 0 Å². The Morgan fingerprint density at radius 2 is 1.92 bits per heavy atom. The number of H-pyrrole nitrogens is 1. The largest absolute Gasteiger partial charge is 0.497 e. The maximum atomic E-state index is 12.1. The number of hydrazone groups is 1. The molecule has 0 unspecified atom stereocenters. The second-order valence-electron chi connectivity index (χ2n) is 5.15. The molecular formula is C18H15BrN4O2. The maximum Gasteiger partial charge on any atom is 0.289 e. The molecule has 0 spiro atoms. The Bertz CT molecular complexity index is 886. The molecule has 0 aliphatic heterocycles. The minimum absolute atomic E-state index is 0.332. The number of aromatic amines is 1. The molecule has 0 atom stereocenters. The van der Waals surface area contributed by atoms with E-state index in [1.54, 1.807) is 19.4 Å². The van der Waals surface area contributed by atoms with Crippen LogP contribution in [0, 0.1) is 0 Å². The number of benzene rings is 2. The third-order valence-corrected chi connectivity index (χ3v) is 3.99. The standard InChI is InChI=1S/C18H15BrN4O2/c1-25-15-8-4-13(5-9-15)16-10-17(22-21-16)18(24)23-20-11-12-2-6-14(19)7-3-12/h2-11H,1H3,(H,21,22)(H,23,24)/b20-11-. The van der Waals surface area contributed by atoms with Crippen LogP contribution in [0.4, 0.5) is 0 Å². The predicted molar refractivity (Wildman–Crippen MR) is 99.8 cm³/mol. The van der Waals surface area contributed by atoms with E-state index in [0.717, 1.165) is 21.3 Å². The van der Waals surface area contributed by atoms with E-state index in [1.807, 2.05) is 48.5 Å². The van der Waals surface area contributed by atoms with Gasteiger partial charge in [-0.25, -0.2) is 5.43 Å². The fourth-order valence-corrected chi connectivity index (χ4v) is 2.39. The molecule has 0 aliphatic carbocycles. The van der Waals surface area contributed by atoms with E-state index in [1.165, 1.54) is 0 Å². The topological polar surface area (TPSA) is 79.4 Å². The quantitative estimate of drug-likeness (QED) is 0.508. The van der Waals surface area contributed by atoms with Gasteiger partial charge in [0.2, 0.25) is 0 Å². The highest BCUT2D eigenvalue weighted by molar-refractivity contribution is 9.10. The van der Waals surface area contributed by atoms with Crippen LogP contribution in [0.15, 0.2) is 64.2 Å². The molecule has 1 aromatic heterocycles. The van der Waals surface area contributed by atoms with Crippen molar-refractivity contribution in [1.82, 2.24) is 15.6 Å². The monoisotopic (exact) mass is 398 g/mol. The Morgan fingerprint density at radius 1 is 1.20 bits per heavy atom. The van der Waals surface area contributed by atoms with Crippen molar-refractivity contribution in [1.29, 1.82) is 0 Å². The minimum atomic E-state index is -0.361. The van der Waals surface area contributed by atoms with E-state index in [2.05, 4.69) is 36.7 Å². The molecule has 0 fully saturated rings. The molecule has 126 valence electrons. The number of carbonyl (C=O) groups is 1. The number of methoxy groups -OCH3 is 1. The summed E-state index contributed by atoms with van der Waals surface area (Å²) in [7, 11) is 1.61. The summed E-state index contributed by atoms with van der Waals surface area (Å²) in [6.45, 7) is 0. The van der Waals surface area contributed by atoms with E-state index in [0.29, 0.717) is 11.4 Å². The van der Waals surface area contributed by atoms with Gasteiger partial charge in [-0.05, 0) is 48.0 Å². The average Bonchev–Trinajstić information content (AvgIpc) is 3.13. The Morgan fingerprint density at radius 3 is 2.60 bits per heavy atom. The molecule has 2 aromatic carbocycles. The van der Waals surface area contributed by atoms with Crippen LogP contribution in [0.5, 0.6) is 5.75 Å². The summed E-state index contributed by atoms with van der Waals surface area (Å²) in [5, 5.41) is 10.8.